The number of anilines is 2. The van der Waals surface area contributed by atoms with Crippen molar-refractivity contribution in [3.63, 3.8) is 0 Å². The molecule has 0 aliphatic heterocycles. The van der Waals surface area contributed by atoms with Crippen molar-refractivity contribution in [1.29, 1.82) is 0 Å². The van der Waals surface area contributed by atoms with E-state index in [9.17, 15) is 0 Å². The van der Waals surface area contributed by atoms with E-state index in [1.165, 1.54) is 3.57 Å². The van der Waals surface area contributed by atoms with E-state index in [4.69, 9.17) is 5.73 Å². The van der Waals surface area contributed by atoms with Crippen LogP contribution in [0, 0.1) is 3.57 Å². The van der Waals surface area contributed by atoms with Crippen molar-refractivity contribution < 1.29 is 0 Å². The Morgan fingerprint density at radius 3 is 2.89 bits per heavy atom. The number of rotatable bonds is 4. The normalized spacial score (nSPS) is 11.1. The molecule has 2 aromatic rings. The number of hydrogen-bond acceptors (Lipinski definition) is 4. The van der Waals surface area contributed by atoms with Gasteiger partial charge in [-0.25, -0.2) is 0 Å². The summed E-state index contributed by atoms with van der Waals surface area (Å²) < 4.78 is 1.18. The van der Waals surface area contributed by atoms with Crippen LogP contribution in [0.25, 0.3) is 10.9 Å². The van der Waals surface area contributed by atoms with Gasteiger partial charge in [0.15, 0.2) is 0 Å². The maximum absolute atomic E-state index is 6.01. The first-order valence-corrected chi connectivity index (χ1v) is 6.88. The molecule has 18 heavy (non-hydrogen) atoms. The van der Waals surface area contributed by atoms with E-state index >= 15 is 0 Å². The second-order valence-electron chi connectivity index (χ2n) is 4.48. The fourth-order valence-corrected chi connectivity index (χ4v) is 2.27. The average molecular weight is 356 g/mol. The Hall–Kier alpha value is -1.08. The van der Waals surface area contributed by atoms with Crippen LogP contribution in [0.1, 0.15) is 0 Å². The molecule has 0 spiro atoms. The first-order valence-electron chi connectivity index (χ1n) is 5.80. The van der Waals surface area contributed by atoms with Gasteiger partial charge in [0.25, 0.3) is 0 Å². The Balaban J connectivity index is 2.34. The molecule has 0 saturated heterocycles. The molecule has 4 nitrogen and oxygen atoms in total. The fraction of sp³-hybridized carbons (Fsp3) is 0.308. The Morgan fingerprint density at radius 2 is 2.17 bits per heavy atom. The van der Waals surface area contributed by atoms with Gasteiger partial charge in [-0.3, -0.25) is 4.98 Å². The van der Waals surface area contributed by atoms with Gasteiger partial charge in [-0.2, -0.15) is 0 Å². The summed E-state index contributed by atoms with van der Waals surface area (Å²) in [5.41, 5.74) is 8.67. The van der Waals surface area contributed by atoms with Crippen molar-refractivity contribution in [2.24, 2.45) is 0 Å². The van der Waals surface area contributed by atoms with Crippen LogP contribution in [0.15, 0.2) is 24.4 Å². The number of benzene rings is 1. The molecule has 0 radical (unpaired) electrons. The highest BCUT2D eigenvalue weighted by molar-refractivity contribution is 14.1. The zero-order valence-electron chi connectivity index (χ0n) is 10.6. The molecule has 5 heteroatoms. The Labute approximate surface area is 121 Å². The summed E-state index contributed by atoms with van der Waals surface area (Å²) in [6, 6.07) is 6.18. The molecule has 1 heterocycles. The van der Waals surface area contributed by atoms with Gasteiger partial charge in [-0.15, -0.1) is 0 Å². The number of likely N-dealkylation sites (N-methyl/N-ethyl adjacent to an activating group) is 1. The summed E-state index contributed by atoms with van der Waals surface area (Å²) in [6.07, 6.45) is 1.72. The van der Waals surface area contributed by atoms with Gasteiger partial charge >= 0.3 is 0 Å². The fourth-order valence-electron chi connectivity index (χ4n) is 1.78. The summed E-state index contributed by atoms with van der Waals surface area (Å²) in [4.78, 5) is 6.48. The molecule has 1 aromatic carbocycles. The van der Waals surface area contributed by atoms with Crippen LogP contribution in [0.2, 0.25) is 0 Å². The van der Waals surface area contributed by atoms with Crippen LogP contribution >= 0.6 is 22.6 Å². The standard InChI is InChI=1S/C13H17IN4/c1-18(2)6-5-16-13-10-7-9(14)3-4-12(10)17-8-11(13)15/h3-4,7-8H,5-6,15H2,1-2H3,(H,16,17). The number of nitrogens with two attached hydrogens (primary N) is 1. The van der Waals surface area contributed by atoms with Gasteiger partial charge in [0.1, 0.15) is 0 Å². The van der Waals surface area contributed by atoms with Crippen molar-refractivity contribution in [1.82, 2.24) is 9.88 Å². The minimum absolute atomic E-state index is 0.697. The Bertz CT molecular complexity index is 549. The van der Waals surface area contributed by atoms with E-state index in [0.29, 0.717) is 5.69 Å². The summed E-state index contributed by atoms with van der Waals surface area (Å²) in [7, 11) is 4.11. The van der Waals surface area contributed by atoms with E-state index < -0.39 is 0 Å². The summed E-state index contributed by atoms with van der Waals surface area (Å²) in [5, 5.41) is 4.49. The van der Waals surface area contributed by atoms with Crippen molar-refractivity contribution in [3.05, 3.63) is 28.0 Å². The Kier molecular flexibility index (Phi) is 4.23. The van der Waals surface area contributed by atoms with Crippen LogP contribution in [0.3, 0.4) is 0 Å². The van der Waals surface area contributed by atoms with E-state index in [0.717, 1.165) is 29.7 Å². The lowest BCUT2D eigenvalue weighted by Gasteiger charge is -2.14. The second kappa shape index (κ2) is 5.71. The molecule has 0 aliphatic rings. The second-order valence-corrected chi connectivity index (χ2v) is 5.73. The summed E-state index contributed by atoms with van der Waals surface area (Å²) >= 11 is 2.30. The van der Waals surface area contributed by atoms with Crippen molar-refractivity contribution in [2.75, 3.05) is 38.2 Å². The predicted octanol–water partition coefficient (Wildman–Crippen LogP) is 2.40. The number of aromatic nitrogens is 1. The number of fused-ring (bicyclic) bond motifs is 1. The highest BCUT2D eigenvalue weighted by atomic mass is 127. The van der Waals surface area contributed by atoms with Gasteiger partial charge in [0.2, 0.25) is 0 Å². The third-order valence-electron chi connectivity index (χ3n) is 2.72. The van der Waals surface area contributed by atoms with Crippen LogP contribution in [-0.4, -0.2) is 37.1 Å². The average Bonchev–Trinajstić information content (AvgIpc) is 2.31. The molecular formula is C13H17IN4. The highest BCUT2D eigenvalue weighted by Gasteiger charge is 2.06. The van der Waals surface area contributed by atoms with Crippen molar-refractivity contribution in [2.45, 2.75) is 0 Å². The number of nitrogens with zero attached hydrogens (tertiary/aromatic N) is 2. The molecule has 0 bridgehead atoms. The quantitative estimate of drug-likeness (QED) is 0.827. The lowest BCUT2D eigenvalue weighted by Crippen LogP contribution is -2.21. The van der Waals surface area contributed by atoms with Crippen LogP contribution in [0.5, 0.6) is 0 Å². The van der Waals surface area contributed by atoms with Gasteiger partial charge < -0.3 is 16.0 Å². The smallest absolute Gasteiger partial charge is 0.0743 e. The van der Waals surface area contributed by atoms with Gasteiger partial charge in [-0.05, 0) is 54.9 Å². The molecule has 96 valence electrons. The minimum Gasteiger partial charge on any atom is -0.396 e. The number of nitrogens with one attached hydrogen (secondary N) is 1. The van der Waals surface area contributed by atoms with E-state index in [2.05, 4.69) is 64.0 Å². The largest absolute Gasteiger partial charge is 0.396 e. The van der Waals surface area contributed by atoms with Crippen molar-refractivity contribution in [3.8, 4) is 0 Å². The number of pyridine rings is 1. The summed E-state index contributed by atoms with van der Waals surface area (Å²) in [5.74, 6) is 0. The third kappa shape index (κ3) is 3.02. The lowest BCUT2D eigenvalue weighted by molar-refractivity contribution is 0.425. The number of hydrogen-bond donors (Lipinski definition) is 2. The molecule has 1 aromatic heterocycles. The third-order valence-corrected chi connectivity index (χ3v) is 3.39. The highest BCUT2D eigenvalue weighted by Crippen LogP contribution is 2.28. The zero-order valence-corrected chi connectivity index (χ0v) is 12.7. The zero-order chi connectivity index (χ0) is 13.1. The molecule has 0 atom stereocenters. The first-order chi connectivity index (χ1) is 8.58. The van der Waals surface area contributed by atoms with E-state index in [1.54, 1.807) is 6.20 Å². The molecular weight excluding hydrogens is 339 g/mol. The van der Waals surface area contributed by atoms with Crippen molar-refractivity contribution >= 4 is 44.9 Å². The topological polar surface area (TPSA) is 54.2 Å². The van der Waals surface area contributed by atoms with E-state index in [1.807, 2.05) is 6.07 Å². The van der Waals surface area contributed by atoms with Crippen LogP contribution in [-0.2, 0) is 0 Å². The maximum Gasteiger partial charge on any atom is 0.0743 e. The van der Waals surface area contributed by atoms with Crippen LogP contribution in [0.4, 0.5) is 11.4 Å². The molecule has 3 N–H and O–H groups in total. The van der Waals surface area contributed by atoms with Gasteiger partial charge in [0.05, 0.1) is 23.1 Å². The lowest BCUT2D eigenvalue weighted by atomic mass is 10.1. The SMILES string of the molecule is CN(C)CCNc1c(N)cnc2ccc(I)cc12. The molecule has 2 rings (SSSR count). The van der Waals surface area contributed by atoms with E-state index in [-0.39, 0.29) is 0 Å². The maximum atomic E-state index is 6.01. The molecule has 0 aliphatic carbocycles. The van der Waals surface area contributed by atoms with Crippen LogP contribution < -0.4 is 11.1 Å². The number of nitrogen functional groups attached to an aromatic ring is 1. The monoisotopic (exact) mass is 356 g/mol. The van der Waals surface area contributed by atoms with Gasteiger partial charge in [-0.1, -0.05) is 0 Å². The van der Waals surface area contributed by atoms with Gasteiger partial charge in [0, 0.05) is 22.0 Å². The molecule has 0 saturated carbocycles. The molecule has 0 fully saturated rings. The predicted molar refractivity (Wildman–Crippen MR) is 85.9 cm³/mol. The minimum atomic E-state index is 0.697. The summed E-state index contributed by atoms with van der Waals surface area (Å²) in [6.45, 7) is 1.83. The molecule has 0 amide bonds. The molecule has 0 unspecified atom stereocenters. The first kappa shape index (κ1) is 13.4. The number of halogens is 1. The Morgan fingerprint density at radius 1 is 1.39 bits per heavy atom.